The average molecular weight is 419 g/mol. The summed E-state index contributed by atoms with van der Waals surface area (Å²) in [7, 11) is -3.39. The zero-order valence-electron chi connectivity index (χ0n) is 15.3. The minimum atomic E-state index is -4.69. The van der Waals surface area contributed by atoms with E-state index in [1.807, 2.05) is 0 Å². The first-order chi connectivity index (χ1) is 13.1. The number of Topliss-reactive ketones (excluding diaryl/α,β-unsaturated/α-hetero) is 1. The fourth-order valence-corrected chi connectivity index (χ4v) is 3.28. The van der Waals surface area contributed by atoms with Crippen LogP contribution in [0, 0.1) is 0 Å². The summed E-state index contributed by atoms with van der Waals surface area (Å²) in [5.41, 5.74) is 0. The quantitative estimate of drug-likeness (QED) is 0.334. The number of likely N-dealkylation sites (N-methyl/N-ethyl adjacent to an activating group) is 1. The van der Waals surface area contributed by atoms with E-state index in [2.05, 4.69) is 25.0 Å². The van der Waals surface area contributed by atoms with Gasteiger partial charge in [0, 0.05) is 20.5 Å². The monoisotopic (exact) mass is 419 g/mol. The normalized spacial score (nSPS) is 20.2. The summed E-state index contributed by atoms with van der Waals surface area (Å²) < 4.78 is 34.8. The third-order valence-electron chi connectivity index (χ3n) is 4.16. The van der Waals surface area contributed by atoms with Crippen molar-refractivity contribution < 1.29 is 31.6 Å². The predicted molar refractivity (Wildman–Crippen MR) is 90.4 cm³/mol. The lowest BCUT2D eigenvalue weighted by Gasteiger charge is -2.40. The Balaban J connectivity index is 1.92. The molecular formula is C13H21N7O7S. The summed E-state index contributed by atoms with van der Waals surface area (Å²) in [6.45, 7) is 0.864. The van der Waals surface area contributed by atoms with Crippen molar-refractivity contribution in [2.24, 2.45) is 0 Å². The zero-order chi connectivity index (χ0) is 20.9. The molecule has 1 saturated heterocycles. The molecule has 2 rings (SSSR count). The number of carbonyl (C=O) groups excluding carboxylic acids is 3. The highest BCUT2D eigenvalue weighted by atomic mass is 32.3. The first-order valence-electron chi connectivity index (χ1n) is 8.24. The van der Waals surface area contributed by atoms with Crippen molar-refractivity contribution in [1.82, 2.24) is 35.5 Å². The van der Waals surface area contributed by atoms with E-state index in [0.717, 1.165) is 9.86 Å². The molecule has 1 aliphatic heterocycles. The molecule has 1 fully saturated rings. The van der Waals surface area contributed by atoms with Crippen LogP contribution in [0.3, 0.4) is 0 Å². The predicted octanol–water partition coefficient (Wildman–Crippen LogP) is -2.60. The second-order valence-electron chi connectivity index (χ2n) is 6.19. The number of tetrazole rings is 1. The highest BCUT2D eigenvalue weighted by Crippen LogP contribution is 2.22. The zero-order valence-corrected chi connectivity index (χ0v) is 16.1. The van der Waals surface area contributed by atoms with Gasteiger partial charge in [0.1, 0.15) is 12.6 Å². The molecule has 2 N–H and O–H groups in total. The van der Waals surface area contributed by atoms with Gasteiger partial charge in [0.05, 0.1) is 12.6 Å². The number of nitrogens with zero attached hydrogens (tertiary/aromatic N) is 6. The van der Waals surface area contributed by atoms with Crippen LogP contribution in [0.5, 0.6) is 0 Å². The summed E-state index contributed by atoms with van der Waals surface area (Å²) in [6.07, 6.45) is 1.72. The van der Waals surface area contributed by atoms with Gasteiger partial charge in [0.15, 0.2) is 12.1 Å². The van der Waals surface area contributed by atoms with Crippen LogP contribution in [0.1, 0.15) is 19.8 Å². The fraction of sp³-hybridized carbons (Fsp3) is 0.692. The Morgan fingerprint density at radius 3 is 2.64 bits per heavy atom. The van der Waals surface area contributed by atoms with E-state index >= 15 is 0 Å². The Morgan fingerprint density at radius 1 is 1.36 bits per heavy atom. The molecule has 1 aromatic rings. The number of amides is 2. The van der Waals surface area contributed by atoms with Crippen LogP contribution < -0.4 is 5.32 Å². The largest absolute Gasteiger partial charge is 0.413 e. The number of ketones is 1. The first kappa shape index (κ1) is 21.8. The number of carbonyl (C=O) groups is 3. The van der Waals surface area contributed by atoms with Crippen molar-refractivity contribution in [3.05, 3.63) is 6.33 Å². The Morgan fingerprint density at radius 2 is 2.07 bits per heavy atom. The molecule has 15 heteroatoms. The Hall–Kier alpha value is -2.49. The first-order valence-corrected chi connectivity index (χ1v) is 9.60. The molecule has 0 aliphatic carbocycles. The molecule has 0 radical (unpaired) electrons. The molecule has 28 heavy (non-hydrogen) atoms. The van der Waals surface area contributed by atoms with Crippen LogP contribution >= 0.6 is 0 Å². The molecule has 156 valence electrons. The lowest BCUT2D eigenvalue weighted by Crippen LogP contribution is -2.57. The summed E-state index contributed by atoms with van der Waals surface area (Å²) in [5.74, 6) is -1.26. The van der Waals surface area contributed by atoms with Gasteiger partial charge in [-0.1, -0.05) is 0 Å². The third-order valence-corrected chi connectivity index (χ3v) is 4.58. The average Bonchev–Trinajstić information content (AvgIpc) is 3.10. The highest BCUT2D eigenvalue weighted by molar-refractivity contribution is 7.80. The van der Waals surface area contributed by atoms with Crippen molar-refractivity contribution in [2.75, 3.05) is 20.1 Å². The van der Waals surface area contributed by atoms with E-state index in [9.17, 15) is 22.8 Å². The second kappa shape index (κ2) is 9.13. The summed E-state index contributed by atoms with van der Waals surface area (Å²) in [4.78, 5) is 38.6. The van der Waals surface area contributed by atoms with E-state index in [4.69, 9.17) is 4.55 Å². The molecule has 1 aromatic heterocycles. The number of piperidine rings is 1. The molecule has 1 aliphatic rings. The molecule has 2 atom stereocenters. The van der Waals surface area contributed by atoms with Gasteiger partial charge in [-0.05, 0) is 18.1 Å². The van der Waals surface area contributed by atoms with Gasteiger partial charge in [-0.3, -0.25) is 18.9 Å². The van der Waals surface area contributed by atoms with Crippen molar-refractivity contribution in [3.63, 3.8) is 0 Å². The van der Waals surface area contributed by atoms with Gasteiger partial charge in [-0.2, -0.15) is 22.6 Å². The maximum absolute atomic E-state index is 12.4. The summed E-state index contributed by atoms with van der Waals surface area (Å²) in [5, 5.41) is 14.1. The van der Waals surface area contributed by atoms with E-state index in [1.165, 1.54) is 25.2 Å². The van der Waals surface area contributed by atoms with E-state index in [0.29, 0.717) is 6.42 Å². The number of hydrogen-bond donors (Lipinski definition) is 2. The van der Waals surface area contributed by atoms with Crippen LogP contribution in [0.2, 0.25) is 0 Å². The standard InChI is InChI=1S/C13H21N7O7S/c1-9(21)19-6-10(18(2)27-28(24,25)26)3-4-12(19)13(23)14-5-11(22)7-20-16-8-15-17-20/h8,10,12H,3-7H2,1-2H3,(H,14,23)(H,24,25,26)/t10-,12+/m1/s1. The topological polar surface area (TPSA) is 177 Å². The molecule has 14 nitrogen and oxygen atoms in total. The Labute approximate surface area is 160 Å². The van der Waals surface area contributed by atoms with E-state index in [1.54, 1.807) is 0 Å². The van der Waals surface area contributed by atoms with Gasteiger partial charge >= 0.3 is 10.4 Å². The highest BCUT2D eigenvalue weighted by Gasteiger charge is 2.37. The maximum Gasteiger partial charge on any atom is 0.413 e. The lowest BCUT2D eigenvalue weighted by atomic mass is 9.97. The summed E-state index contributed by atoms with van der Waals surface area (Å²) >= 11 is 0. The van der Waals surface area contributed by atoms with Crippen LogP contribution in [0.4, 0.5) is 0 Å². The van der Waals surface area contributed by atoms with Gasteiger partial charge < -0.3 is 10.2 Å². The van der Waals surface area contributed by atoms with Gasteiger partial charge in [0.2, 0.25) is 11.8 Å². The number of hydroxylamine groups is 2. The Bertz CT molecular complexity index is 813. The molecule has 2 heterocycles. The number of hydrogen-bond acceptors (Lipinski definition) is 10. The molecule has 0 aromatic carbocycles. The van der Waals surface area contributed by atoms with Gasteiger partial charge in [-0.25, -0.2) is 0 Å². The maximum atomic E-state index is 12.4. The van der Waals surface area contributed by atoms with Gasteiger partial charge in [-0.15, -0.1) is 10.2 Å². The minimum absolute atomic E-state index is 0.0102. The van der Waals surface area contributed by atoms with Crippen molar-refractivity contribution in [1.29, 1.82) is 0 Å². The molecule has 0 saturated carbocycles. The molecule has 0 spiro atoms. The molecule has 2 amide bonds. The SMILES string of the molecule is CC(=O)N1C[C@H](N(C)OS(=O)(=O)O)CC[C@H]1C(=O)NCC(=O)Cn1ncnn1. The summed E-state index contributed by atoms with van der Waals surface area (Å²) in [6, 6.07) is -1.36. The number of rotatable bonds is 8. The fourth-order valence-electron chi connectivity index (χ4n) is 2.86. The van der Waals surface area contributed by atoms with Crippen LogP contribution in [0.25, 0.3) is 0 Å². The van der Waals surface area contributed by atoms with Crippen LogP contribution in [-0.4, -0.2) is 93.0 Å². The smallest absolute Gasteiger partial charge is 0.347 e. The van der Waals surface area contributed by atoms with Crippen molar-refractivity contribution in [3.8, 4) is 0 Å². The van der Waals surface area contributed by atoms with Crippen LogP contribution in [0.15, 0.2) is 6.33 Å². The number of likely N-dealkylation sites (tertiary alicyclic amines) is 1. The van der Waals surface area contributed by atoms with Crippen molar-refractivity contribution in [2.45, 2.75) is 38.4 Å². The van der Waals surface area contributed by atoms with Crippen molar-refractivity contribution >= 4 is 28.0 Å². The lowest BCUT2D eigenvalue weighted by molar-refractivity contribution is -0.148. The Kier molecular flexibility index (Phi) is 7.11. The molecule has 0 bridgehead atoms. The van der Waals surface area contributed by atoms with Gasteiger partial charge in [0.25, 0.3) is 0 Å². The van der Waals surface area contributed by atoms with Crippen LogP contribution in [-0.2, 0) is 35.6 Å². The third kappa shape index (κ3) is 6.29. The van der Waals surface area contributed by atoms with E-state index in [-0.39, 0.29) is 31.8 Å². The number of aromatic nitrogens is 4. The molecule has 0 unspecified atom stereocenters. The number of nitrogens with one attached hydrogen (secondary N) is 1. The van der Waals surface area contributed by atoms with E-state index < -0.39 is 34.3 Å². The molecular weight excluding hydrogens is 398 g/mol. The minimum Gasteiger partial charge on any atom is -0.347 e. The second-order valence-corrected chi connectivity index (χ2v) is 7.19.